The van der Waals surface area contributed by atoms with Gasteiger partial charge in [-0.15, -0.1) is 0 Å². The van der Waals surface area contributed by atoms with E-state index in [1.807, 2.05) is 25.1 Å². The molecule has 2 heteroatoms. The minimum Gasteiger partial charge on any atom is -0.399 e. The van der Waals surface area contributed by atoms with Gasteiger partial charge in [0.05, 0.1) is 12.5 Å². The Morgan fingerprint density at radius 1 is 1.38 bits per heavy atom. The van der Waals surface area contributed by atoms with Crippen LogP contribution < -0.4 is 5.73 Å². The van der Waals surface area contributed by atoms with Crippen molar-refractivity contribution >= 4 is 5.69 Å². The average Bonchev–Trinajstić information content (AvgIpc) is 2.03. The van der Waals surface area contributed by atoms with Gasteiger partial charge in [0.25, 0.3) is 0 Å². The number of nitrogens with zero attached hydrogens (tertiary/aromatic N) is 1. The fourth-order valence-corrected chi connectivity index (χ4v) is 1.07. The lowest BCUT2D eigenvalue weighted by molar-refractivity contribution is 1.39. The number of anilines is 1. The van der Waals surface area contributed by atoms with Crippen LogP contribution in [0.2, 0.25) is 0 Å². The molecule has 0 saturated carbocycles. The van der Waals surface area contributed by atoms with Gasteiger partial charge in [0.15, 0.2) is 0 Å². The van der Waals surface area contributed by atoms with E-state index >= 15 is 0 Å². The molecule has 0 aromatic heterocycles. The van der Waals surface area contributed by atoms with Crippen molar-refractivity contribution in [2.75, 3.05) is 5.73 Å². The smallest absolute Gasteiger partial charge is 0.0966 e. The summed E-state index contributed by atoms with van der Waals surface area (Å²) in [6, 6.07) is 7.59. The van der Waals surface area contributed by atoms with Crippen molar-refractivity contribution in [1.29, 1.82) is 5.26 Å². The van der Waals surface area contributed by atoms with Gasteiger partial charge in [0.2, 0.25) is 0 Å². The van der Waals surface area contributed by atoms with Gasteiger partial charge < -0.3 is 5.73 Å². The van der Waals surface area contributed by atoms with E-state index in [0.29, 0.717) is 5.69 Å². The molecule has 0 atom stereocenters. The molecule has 0 bridgehead atoms. The zero-order valence-corrected chi connectivity index (χ0v) is 7.46. The summed E-state index contributed by atoms with van der Waals surface area (Å²) in [4.78, 5) is 0. The lowest BCUT2D eigenvalue weighted by atomic mass is 10.1. The van der Waals surface area contributed by atoms with Crippen molar-refractivity contribution in [3.8, 4) is 17.9 Å². The molecule has 1 aromatic rings. The summed E-state index contributed by atoms with van der Waals surface area (Å²) in [6.45, 7) is 1.96. The molecular formula is C11H10N2. The number of nitriles is 1. The Labute approximate surface area is 78.0 Å². The molecule has 0 unspecified atom stereocenters. The Morgan fingerprint density at radius 3 is 2.77 bits per heavy atom. The molecule has 64 valence electrons. The van der Waals surface area contributed by atoms with Crippen LogP contribution in [0.25, 0.3) is 0 Å². The highest BCUT2D eigenvalue weighted by Crippen LogP contribution is 2.09. The molecule has 13 heavy (non-hydrogen) atoms. The van der Waals surface area contributed by atoms with Gasteiger partial charge in [-0.1, -0.05) is 11.8 Å². The molecule has 0 spiro atoms. The summed E-state index contributed by atoms with van der Waals surface area (Å²) >= 11 is 0. The summed E-state index contributed by atoms with van der Waals surface area (Å²) in [5.41, 5.74) is 8.29. The van der Waals surface area contributed by atoms with Gasteiger partial charge in [-0.2, -0.15) is 5.26 Å². The van der Waals surface area contributed by atoms with Crippen molar-refractivity contribution in [3.63, 3.8) is 0 Å². The third-order valence-electron chi connectivity index (χ3n) is 1.50. The molecule has 1 aromatic carbocycles. The van der Waals surface area contributed by atoms with Crippen LogP contribution in [0.4, 0.5) is 5.69 Å². The minimum atomic E-state index is 0.258. The topological polar surface area (TPSA) is 49.8 Å². The fraction of sp³-hybridized carbons (Fsp3) is 0.182. The molecule has 0 aliphatic heterocycles. The normalized spacial score (nSPS) is 8.31. The van der Waals surface area contributed by atoms with Crippen molar-refractivity contribution in [3.05, 3.63) is 29.3 Å². The average molecular weight is 170 g/mol. The van der Waals surface area contributed by atoms with Crippen molar-refractivity contribution in [2.45, 2.75) is 13.3 Å². The highest BCUT2D eigenvalue weighted by molar-refractivity contribution is 5.50. The molecule has 0 heterocycles. The summed E-state index contributed by atoms with van der Waals surface area (Å²) in [6.07, 6.45) is 0.258. The Bertz CT molecular complexity index is 382. The second-order valence-corrected chi connectivity index (χ2v) is 2.77. The molecule has 2 nitrogen and oxygen atoms in total. The minimum absolute atomic E-state index is 0.258. The number of rotatable bonds is 0. The molecule has 2 N–H and O–H groups in total. The van der Waals surface area contributed by atoms with E-state index in [2.05, 4.69) is 11.8 Å². The maximum Gasteiger partial charge on any atom is 0.0966 e. The standard InChI is InChI=1S/C11H10N2/c1-9-6-10(4-2-3-5-12)8-11(13)7-9/h6-8H,3,13H2,1H3. The molecule has 1 rings (SSSR count). The van der Waals surface area contributed by atoms with Crippen LogP contribution in [0, 0.1) is 30.1 Å². The van der Waals surface area contributed by atoms with Crippen LogP contribution in [-0.4, -0.2) is 0 Å². The number of nitrogen functional groups attached to an aromatic ring is 1. The highest BCUT2D eigenvalue weighted by atomic mass is 14.5. The SMILES string of the molecule is Cc1cc(N)cc(C#CCC#N)c1. The van der Waals surface area contributed by atoms with Crippen LogP contribution in [-0.2, 0) is 0 Å². The van der Waals surface area contributed by atoms with Crippen LogP contribution >= 0.6 is 0 Å². The van der Waals surface area contributed by atoms with E-state index in [-0.39, 0.29) is 6.42 Å². The van der Waals surface area contributed by atoms with Crippen LogP contribution in [0.5, 0.6) is 0 Å². The van der Waals surface area contributed by atoms with E-state index in [9.17, 15) is 0 Å². The molecule has 0 radical (unpaired) electrons. The predicted octanol–water partition coefficient (Wildman–Crippen LogP) is 1.84. The zero-order valence-electron chi connectivity index (χ0n) is 7.46. The lowest BCUT2D eigenvalue weighted by Gasteiger charge is -1.97. The van der Waals surface area contributed by atoms with Gasteiger partial charge in [-0.3, -0.25) is 0 Å². The molecule has 0 saturated heterocycles. The van der Waals surface area contributed by atoms with Crippen molar-refractivity contribution < 1.29 is 0 Å². The first-order chi connectivity index (χ1) is 6.22. The molecular weight excluding hydrogens is 160 g/mol. The van der Waals surface area contributed by atoms with Crippen LogP contribution in [0.1, 0.15) is 17.5 Å². The van der Waals surface area contributed by atoms with Crippen molar-refractivity contribution in [1.82, 2.24) is 0 Å². The first-order valence-electron chi connectivity index (χ1n) is 3.95. The number of aryl methyl sites for hydroxylation is 1. The Hall–Kier alpha value is -1.93. The second-order valence-electron chi connectivity index (χ2n) is 2.77. The van der Waals surface area contributed by atoms with E-state index in [1.54, 1.807) is 6.07 Å². The molecule has 0 fully saturated rings. The van der Waals surface area contributed by atoms with Crippen LogP contribution in [0.15, 0.2) is 18.2 Å². The Balaban J connectivity index is 2.92. The van der Waals surface area contributed by atoms with Gasteiger partial charge in [0, 0.05) is 11.3 Å². The third-order valence-corrected chi connectivity index (χ3v) is 1.50. The van der Waals surface area contributed by atoms with Gasteiger partial charge in [-0.05, 0) is 30.7 Å². The summed E-state index contributed by atoms with van der Waals surface area (Å²) in [5, 5.41) is 8.28. The first kappa shape index (κ1) is 9.16. The quantitative estimate of drug-likeness (QED) is 0.477. The summed E-state index contributed by atoms with van der Waals surface area (Å²) in [7, 11) is 0. The fourth-order valence-electron chi connectivity index (χ4n) is 1.07. The zero-order chi connectivity index (χ0) is 9.68. The summed E-state index contributed by atoms with van der Waals surface area (Å²) < 4.78 is 0. The van der Waals surface area contributed by atoms with Crippen LogP contribution in [0.3, 0.4) is 0 Å². The monoisotopic (exact) mass is 170 g/mol. The van der Waals surface area contributed by atoms with Gasteiger partial charge in [0.1, 0.15) is 0 Å². The van der Waals surface area contributed by atoms with E-state index < -0.39 is 0 Å². The number of hydrogen-bond acceptors (Lipinski definition) is 2. The largest absolute Gasteiger partial charge is 0.399 e. The number of benzene rings is 1. The Kier molecular flexibility index (Phi) is 2.95. The van der Waals surface area contributed by atoms with Gasteiger partial charge in [-0.25, -0.2) is 0 Å². The number of hydrogen-bond donors (Lipinski definition) is 1. The Morgan fingerprint density at radius 2 is 2.15 bits per heavy atom. The predicted molar refractivity (Wildman–Crippen MR) is 52.7 cm³/mol. The van der Waals surface area contributed by atoms with E-state index in [1.165, 1.54) is 0 Å². The van der Waals surface area contributed by atoms with E-state index in [0.717, 1.165) is 11.1 Å². The lowest BCUT2D eigenvalue weighted by Crippen LogP contribution is -1.87. The maximum atomic E-state index is 8.28. The molecule has 0 amide bonds. The number of nitrogens with two attached hydrogens (primary N) is 1. The van der Waals surface area contributed by atoms with Crippen molar-refractivity contribution in [2.24, 2.45) is 0 Å². The third kappa shape index (κ3) is 2.89. The summed E-state index contributed by atoms with van der Waals surface area (Å²) in [5.74, 6) is 5.61. The maximum absolute atomic E-state index is 8.28. The second kappa shape index (κ2) is 4.18. The molecule has 0 aliphatic rings. The van der Waals surface area contributed by atoms with Gasteiger partial charge >= 0.3 is 0 Å². The van der Waals surface area contributed by atoms with E-state index in [4.69, 9.17) is 11.0 Å². The highest BCUT2D eigenvalue weighted by Gasteiger charge is 1.91. The first-order valence-corrected chi connectivity index (χ1v) is 3.95. The molecule has 0 aliphatic carbocycles.